The predicted octanol–water partition coefficient (Wildman–Crippen LogP) is 3.68. The van der Waals surface area contributed by atoms with Crippen molar-refractivity contribution in [1.29, 1.82) is 0 Å². The van der Waals surface area contributed by atoms with Gasteiger partial charge in [0.15, 0.2) is 0 Å². The lowest BCUT2D eigenvalue weighted by Gasteiger charge is -2.10. The van der Waals surface area contributed by atoms with E-state index in [1.54, 1.807) is 49.4 Å². The predicted molar refractivity (Wildman–Crippen MR) is 105 cm³/mol. The smallest absolute Gasteiger partial charge is 0.248 e. The second-order valence-corrected chi connectivity index (χ2v) is 7.80. The van der Waals surface area contributed by atoms with E-state index in [-0.39, 0.29) is 5.91 Å². The summed E-state index contributed by atoms with van der Waals surface area (Å²) in [6.45, 7) is 1.77. The number of aryl methyl sites for hydroxylation is 1. The van der Waals surface area contributed by atoms with Gasteiger partial charge in [-0.25, -0.2) is 8.42 Å². The summed E-state index contributed by atoms with van der Waals surface area (Å²) in [7, 11) is -1.88. The van der Waals surface area contributed by atoms with Crippen molar-refractivity contribution in [2.45, 2.75) is 6.92 Å². The van der Waals surface area contributed by atoms with Crippen LogP contribution in [-0.2, 0) is 14.8 Å². The average molecular weight is 395 g/mol. The number of halogens is 1. The molecule has 0 aliphatic rings. The van der Waals surface area contributed by atoms with Gasteiger partial charge >= 0.3 is 0 Å². The van der Waals surface area contributed by atoms with Gasteiger partial charge in [0.05, 0.1) is 19.1 Å². The quantitative estimate of drug-likeness (QED) is 0.732. The van der Waals surface area contributed by atoms with Crippen LogP contribution in [0.5, 0.6) is 5.75 Å². The van der Waals surface area contributed by atoms with Gasteiger partial charge in [0.2, 0.25) is 15.9 Å². The molecule has 8 heteroatoms. The van der Waals surface area contributed by atoms with Crippen molar-refractivity contribution in [2.24, 2.45) is 0 Å². The van der Waals surface area contributed by atoms with Gasteiger partial charge in [-0.15, -0.1) is 0 Å². The zero-order valence-electron chi connectivity index (χ0n) is 14.5. The first-order chi connectivity index (χ1) is 12.2. The molecule has 0 aliphatic carbocycles. The molecule has 0 fully saturated rings. The zero-order valence-corrected chi connectivity index (χ0v) is 16.1. The SMILES string of the molecule is COc1ccc(Cl)cc1/C=C/C(=O)Nc1ccc(C)c(NS(C)(=O)=O)c1. The molecule has 2 rings (SSSR count). The highest BCUT2D eigenvalue weighted by molar-refractivity contribution is 7.92. The molecule has 0 bridgehead atoms. The summed E-state index contributed by atoms with van der Waals surface area (Å²) >= 11 is 5.96. The van der Waals surface area contributed by atoms with Crippen molar-refractivity contribution >= 4 is 45.0 Å². The Labute approximate surface area is 157 Å². The lowest BCUT2D eigenvalue weighted by Crippen LogP contribution is -2.12. The van der Waals surface area contributed by atoms with Gasteiger partial charge in [0, 0.05) is 22.3 Å². The Kier molecular flexibility index (Phi) is 6.28. The molecule has 6 nitrogen and oxygen atoms in total. The number of amides is 1. The monoisotopic (exact) mass is 394 g/mol. The van der Waals surface area contributed by atoms with Gasteiger partial charge in [-0.1, -0.05) is 17.7 Å². The Bertz CT molecular complexity index is 956. The number of methoxy groups -OCH3 is 1. The second kappa shape index (κ2) is 8.25. The largest absolute Gasteiger partial charge is 0.496 e. The van der Waals surface area contributed by atoms with E-state index < -0.39 is 10.0 Å². The molecule has 0 atom stereocenters. The summed E-state index contributed by atoms with van der Waals surface area (Å²) in [5, 5.41) is 3.21. The van der Waals surface area contributed by atoms with Gasteiger partial charge in [0.1, 0.15) is 5.75 Å². The Morgan fingerprint density at radius 3 is 2.58 bits per heavy atom. The van der Waals surface area contributed by atoms with Crippen molar-refractivity contribution in [1.82, 2.24) is 0 Å². The minimum Gasteiger partial charge on any atom is -0.496 e. The molecule has 138 valence electrons. The van der Waals surface area contributed by atoms with Crippen LogP contribution < -0.4 is 14.8 Å². The maximum atomic E-state index is 12.1. The molecule has 0 aliphatic heterocycles. The highest BCUT2D eigenvalue weighted by Gasteiger charge is 2.07. The van der Waals surface area contributed by atoms with Crippen LogP contribution >= 0.6 is 11.6 Å². The van der Waals surface area contributed by atoms with Gasteiger partial charge < -0.3 is 10.1 Å². The molecule has 26 heavy (non-hydrogen) atoms. The Morgan fingerprint density at radius 1 is 1.19 bits per heavy atom. The third-order valence-corrected chi connectivity index (χ3v) is 4.23. The van der Waals surface area contributed by atoms with E-state index in [1.165, 1.54) is 13.2 Å². The van der Waals surface area contributed by atoms with Crippen LogP contribution in [0.15, 0.2) is 42.5 Å². The Hall–Kier alpha value is -2.51. The van der Waals surface area contributed by atoms with Gasteiger partial charge in [-0.3, -0.25) is 9.52 Å². The maximum absolute atomic E-state index is 12.1. The number of carbonyl (C=O) groups is 1. The minimum absolute atomic E-state index is 0.374. The molecule has 0 unspecified atom stereocenters. The number of anilines is 2. The number of hydrogen-bond donors (Lipinski definition) is 2. The van der Waals surface area contributed by atoms with E-state index in [0.717, 1.165) is 11.8 Å². The maximum Gasteiger partial charge on any atom is 0.248 e. The lowest BCUT2D eigenvalue weighted by molar-refractivity contribution is -0.111. The normalized spacial score (nSPS) is 11.4. The highest BCUT2D eigenvalue weighted by atomic mass is 35.5. The van der Waals surface area contributed by atoms with Crippen molar-refractivity contribution in [3.8, 4) is 5.75 Å². The van der Waals surface area contributed by atoms with Crippen LogP contribution in [-0.4, -0.2) is 27.7 Å². The van der Waals surface area contributed by atoms with Crippen LogP contribution in [0.1, 0.15) is 11.1 Å². The average Bonchev–Trinajstić information content (AvgIpc) is 2.55. The summed E-state index contributed by atoms with van der Waals surface area (Å²) in [5.41, 5.74) is 2.28. The lowest BCUT2D eigenvalue weighted by atomic mass is 10.1. The number of sulfonamides is 1. The molecule has 2 N–H and O–H groups in total. The molecule has 0 saturated carbocycles. The fourth-order valence-corrected chi connectivity index (χ4v) is 2.99. The van der Waals surface area contributed by atoms with E-state index in [9.17, 15) is 13.2 Å². The Balaban J connectivity index is 2.15. The van der Waals surface area contributed by atoms with Gasteiger partial charge in [-0.2, -0.15) is 0 Å². The van der Waals surface area contributed by atoms with E-state index in [0.29, 0.717) is 27.7 Å². The number of rotatable bonds is 6. The molecule has 0 radical (unpaired) electrons. The summed E-state index contributed by atoms with van der Waals surface area (Å²) in [6, 6.07) is 10.1. The second-order valence-electron chi connectivity index (χ2n) is 5.61. The molecule has 0 aromatic heterocycles. The minimum atomic E-state index is -3.41. The zero-order chi connectivity index (χ0) is 19.3. The van der Waals surface area contributed by atoms with Crippen molar-refractivity contribution in [3.63, 3.8) is 0 Å². The molecule has 2 aromatic rings. The van der Waals surface area contributed by atoms with E-state index in [2.05, 4.69) is 10.0 Å². The molecular formula is C18H19ClN2O4S. The number of carbonyl (C=O) groups excluding carboxylic acids is 1. The Morgan fingerprint density at radius 2 is 1.92 bits per heavy atom. The number of hydrogen-bond acceptors (Lipinski definition) is 4. The first-order valence-corrected chi connectivity index (χ1v) is 9.86. The van der Waals surface area contributed by atoms with Crippen molar-refractivity contribution in [3.05, 3.63) is 58.6 Å². The van der Waals surface area contributed by atoms with Crippen LogP contribution in [0.2, 0.25) is 5.02 Å². The number of benzene rings is 2. The summed E-state index contributed by atoms with van der Waals surface area (Å²) < 4.78 is 30.4. The van der Waals surface area contributed by atoms with Crippen LogP contribution in [0.3, 0.4) is 0 Å². The van der Waals surface area contributed by atoms with Crippen molar-refractivity contribution < 1.29 is 17.9 Å². The first-order valence-electron chi connectivity index (χ1n) is 7.59. The summed E-state index contributed by atoms with van der Waals surface area (Å²) in [6.07, 6.45) is 4.00. The van der Waals surface area contributed by atoms with Crippen LogP contribution in [0.25, 0.3) is 6.08 Å². The fourth-order valence-electron chi connectivity index (χ4n) is 2.19. The molecule has 0 spiro atoms. The fraction of sp³-hybridized carbons (Fsp3) is 0.167. The first kappa shape index (κ1) is 19.8. The van der Waals surface area contributed by atoms with Gasteiger partial charge in [0.25, 0.3) is 0 Å². The van der Waals surface area contributed by atoms with E-state index in [4.69, 9.17) is 16.3 Å². The highest BCUT2D eigenvalue weighted by Crippen LogP contribution is 2.24. The van der Waals surface area contributed by atoms with Crippen molar-refractivity contribution in [2.75, 3.05) is 23.4 Å². The summed E-state index contributed by atoms with van der Waals surface area (Å²) in [4.78, 5) is 12.1. The molecule has 0 heterocycles. The third-order valence-electron chi connectivity index (χ3n) is 3.41. The summed E-state index contributed by atoms with van der Waals surface area (Å²) in [5.74, 6) is 0.217. The number of ether oxygens (including phenoxy) is 1. The third kappa shape index (κ3) is 5.79. The molecule has 0 saturated heterocycles. The van der Waals surface area contributed by atoms with Crippen LogP contribution in [0, 0.1) is 6.92 Å². The number of nitrogens with one attached hydrogen (secondary N) is 2. The van der Waals surface area contributed by atoms with E-state index >= 15 is 0 Å². The topological polar surface area (TPSA) is 84.5 Å². The molecule has 1 amide bonds. The van der Waals surface area contributed by atoms with E-state index in [1.807, 2.05) is 0 Å². The standard InChI is InChI=1S/C18H19ClN2O4S/c1-12-4-7-15(11-16(12)21-26(3,23)24)20-18(22)9-5-13-10-14(19)6-8-17(13)25-2/h4-11,21H,1-3H3,(H,20,22)/b9-5+. The van der Waals surface area contributed by atoms with Gasteiger partial charge in [-0.05, 0) is 48.9 Å². The molecular weight excluding hydrogens is 376 g/mol. The van der Waals surface area contributed by atoms with Crippen LogP contribution in [0.4, 0.5) is 11.4 Å². The molecule has 2 aromatic carbocycles.